The van der Waals surface area contributed by atoms with Gasteiger partial charge in [0, 0.05) is 37.9 Å². The predicted octanol–water partition coefficient (Wildman–Crippen LogP) is 4.04. The number of pyridine rings is 1. The van der Waals surface area contributed by atoms with Gasteiger partial charge in [-0.1, -0.05) is 0 Å². The van der Waals surface area contributed by atoms with E-state index in [0.29, 0.717) is 12.3 Å². The molecule has 7 heteroatoms. The molecule has 0 N–H and O–H groups in total. The van der Waals surface area contributed by atoms with Crippen LogP contribution in [0.25, 0.3) is 11.3 Å². The number of nitrogens with zero attached hydrogens (tertiary/aromatic N) is 1. The monoisotopic (exact) mass is 452 g/mol. The normalized spacial score (nSPS) is 11.0. The Morgan fingerprint density at radius 1 is 0.947 bits per heavy atom. The first-order chi connectivity index (χ1) is 8.38. The fourth-order valence-corrected chi connectivity index (χ4v) is 1.42. The van der Waals surface area contributed by atoms with Crippen LogP contribution >= 0.6 is 0 Å². The summed E-state index contributed by atoms with van der Waals surface area (Å²) in [6.45, 7) is 0. The summed E-state index contributed by atoms with van der Waals surface area (Å²) in [5, 5.41) is 0. The maximum atomic E-state index is 13.4. The topological polar surface area (TPSA) is 12.9 Å². The van der Waals surface area contributed by atoms with E-state index in [1.165, 1.54) is 0 Å². The molecule has 0 fully saturated rings. The van der Waals surface area contributed by atoms with Crippen LogP contribution in [0.4, 0.5) is 22.0 Å². The Hall–Kier alpha value is -1.33. The first-order valence-electron chi connectivity index (χ1n) is 4.86. The van der Waals surface area contributed by atoms with Crippen molar-refractivity contribution in [2.24, 2.45) is 0 Å². The molecule has 0 aliphatic rings. The first kappa shape index (κ1) is 15.7. The second-order valence-electron chi connectivity index (χ2n) is 3.55. The quantitative estimate of drug-likeness (QED) is 0.597. The Labute approximate surface area is 118 Å². The van der Waals surface area contributed by atoms with E-state index in [-0.39, 0.29) is 31.4 Å². The molecule has 1 aromatic heterocycles. The summed E-state index contributed by atoms with van der Waals surface area (Å²) in [5.41, 5.74) is -0.959. The zero-order valence-electron chi connectivity index (χ0n) is 9.13. The molecule has 0 unspecified atom stereocenters. The molecule has 1 radical (unpaired) electrons. The summed E-state index contributed by atoms with van der Waals surface area (Å²) in [4.78, 5) is 3.52. The minimum absolute atomic E-state index is 0. The Kier molecular flexibility index (Phi) is 4.76. The van der Waals surface area contributed by atoms with Crippen LogP contribution in [0, 0.1) is 11.6 Å². The van der Waals surface area contributed by atoms with E-state index >= 15 is 0 Å². The molecule has 0 aliphatic carbocycles. The maximum Gasteiger partial charge on any atom is 0.417 e. The minimum atomic E-state index is -4.49. The van der Waals surface area contributed by atoms with Crippen molar-refractivity contribution in [3.63, 3.8) is 0 Å². The summed E-state index contributed by atoms with van der Waals surface area (Å²) >= 11 is 0. The number of hydrogen-bond donors (Lipinski definition) is 0. The van der Waals surface area contributed by atoms with E-state index < -0.39 is 23.4 Å². The third-order valence-electron chi connectivity index (χ3n) is 2.30. The Morgan fingerprint density at radius 3 is 2.11 bits per heavy atom. The van der Waals surface area contributed by atoms with Crippen molar-refractivity contribution in [3.05, 3.63) is 53.7 Å². The van der Waals surface area contributed by atoms with Crippen molar-refractivity contribution in [3.8, 4) is 11.3 Å². The van der Waals surface area contributed by atoms with E-state index in [4.69, 9.17) is 0 Å². The molecular weight excluding hydrogens is 445 g/mol. The van der Waals surface area contributed by atoms with Gasteiger partial charge in [0.1, 0.15) is 11.6 Å². The molecule has 0 atom stereocenters. The third-order valence-corrected chi connectivity index (χ3v) is 2.30. The van der Waals surface area contributed by atoms with E-state index in [0.717, 1.165) is 24.3 Å². The molecule has 0 aliphatic heterocycles. The van der Waals surface area contributed by atoms with Crippen LogP contribution in [-0.4, -0.2) is 4.98 Å². The van der Waals surface area contributed by atoms with E-state index in [1.807, 2.05) is 0 Å². The summed E-state index contributed by atoms with van der Waals surface area (Å²) in [6.07, 6.45) is -3.88. The summed E-state index contributed by atoms with van der Waals surface area (Å²) < 4.78 is 62.9. The fourth-order valence-electron chi connectivity index (χ4n) is 1.42. The molecular formula is C12H6F5IrN. The van der Waals surface area contributed by atoms with Gasteiger partial charge in [-0.2, -0.15) is 13.2 Å². The van der Waals surface area contributed by atoms with Crippen LogP contribution in [-0.2, 0) is 26.3 Å². The summed E-state index contributed by atoms with van der Waals surface area (Å²) in [5.74, 6) is -1.63. The maximum absolute atomic E-state index is 13.4. The van der Waals surface area contributed by atoms with E-state index in [2.05, 4.69) is 4.98 Å². The molecule has 1 nitrogen and oxygen atoms in total. The van der Waals surface area contributed by atoms with Crippen LogP contribution in [0.5, 0.6) is 0 Å². The van der Waals surface area contributed by atoms with Gasteiger partial charge in [0.15, 0.2) is 0 Å². The molecule has 1 aromatic carbocycles. The van der Waals surface area contributed by atoms with E-state index in [1.54, 1.807) is 0 Å². The molecule has 19 heavy (non-hydrogen) atoms. The van der Waals surface area contributed by atoms with Gasteiger partial charge in [-0.15, -0.1) is 0 Å². The van der Waals surface area contributed by atoms with Crippen LogP contribution < -0.4 is 0 Å². The Balaban J connectivity index is 0.00000180. The molecule has 0 saturated heterocycles. The number of aromatic nitrogens is 1. The number of halogens is 5. The van der Waals surface area contributed by atoms with E-state index in [9.17, 15) is 22.0 Å². The Morgan fingerprint density at radius 2 is 1.63 bits per heavy atom. The van der Waals surface area contributed by atoms with Gasteiger partial charge in [-0.25, -0.2) is 8.78 Å². The van der Waals surface area contributed by atoms with Crippen molar-refractivity contribution >= 4 is 0 Å². The molecule has 0 spiro atoms. The average molecular weight is 451 g/mol. The fraction of sp³-hybridized carbons (Fsp3) is 0.0833. The summed E-state index contributed by atoms with van der Waals surface area (Å²) in [7, 11) is 0. The standard InChI is InChI=1S/C12H6F5N.Ir/c13-8-2-3-9(10(14)5-8)11-4-1-7(6-18-11)12(15,16)17;/h1-6H;. The number of rotatable bonds is 1. The second kappa shape index (κ2) is 5.75. The van der Waals surface area contributed by atoms with Crippen LogP contribution in [0.15, 0.2) is 36.5 Å². The van der Waals surface area contributed by atoms with Crippen molar-refractivity contribution in [1.29, 1.82) is 0 Å². The third kappa shape index (κ3) is 3.58. The van der Waals surface area contributed by atoms with Gasteiger partial charge in [0.25, 0.3) is 0 Å². The minimum Gasteiger partial charge on any atom is -0.256 e. The number of hydrogen-bond acceptors (Lipinski definition) is 1. The van der Waals surface area contributed by atoms with Gasteiger partial charge in [0.2, 0.25) is 0 Å². The second-order valence-corrected chi connectivity index (χ2v) is 3.55. The van der Waals surface area contributed by atoms with Gasteiger partial charge in [-0.05, 0) is 24.3 Å². The van der Waals surface area contributed by atoms with Gasteiger partial charge < -0.3 is 0 Å². The zero-order chi connectivity index (χ0) is 13.3. The Bertz CT molecular complexity index is 565. The van der Waals surface area contributed by atoms with Crippen LogP contribution in [0.3, 0.4) is 0 Å². The van der Waals surface area contributed by atoms with Crippen LogP contribution in [0.1, 0.15) is 5.56 Å². The molecule has 0 saturated carbocycles. The average Bonchev–Trinajstić information content (AvgIpc) is 2.28. The van der Waals surface area contributed by atoms with Crippen molar-refractivity contribution in [2.45, 2.75) is 6.18 Å². The molecule has 1 heterocycles. The molecule has 2 rings (SSSR count). The molecule has 0 bridgehead atoms. The van der Waals surface area contributed by atoms with Gasteiger partial charge >= 0.3 is 6.18 Å². The largest absolute Gasteiger partial charge is 0.417 e. The first-order valence-corrected chi connectivity index (χ1v) is 4.86. The number of benzene rings is 1. The molecule has 2 aromatic rings. The molecule has 0 amide bonds. The van der Waals surface area contributed by atoms with Crippen molar-refractivity contribution in [1.82, 2.24) is 4.98 Å². The smallest absolute Gasteiger partial charge is 0.256 e. The van der Waals surface area contributed by atoms with Crippen LogP contribution in [0.2, 0.25) is 0 Å². The van der Waals surface area contributed by atoms with Gasteiger partial charge in [0.05, 0.1) is 11.3 Å². The number of alkyl halides is 3. The molecule has 103 valence electrons. The van der Waals surface area contributed by atoms with Crippen molar-refractivity contribution in [2.75, 3.05) is 0 Å². The predicted molar refractivity (Wildman–Crippen MR) is 54.6 cm³/mol. The van der Waals surface area contributed by atoms with Gasteiger partial charge in [-0.3, -0.25) is 4.98 Å². The SMILES string of the molecule is Fc1ccc(-c2ccc(C(F)(F)F)cn2)c(F)c1.[Ir]. The summed E-state index contributed by atoms with van der Waals surface area (Å²) in [6, 6.07) is 4.62. The van der Waals surface area contributed by atoms with Crippen molar-refractivity contribution < 1.29 is 42.1 Å². The zero-order valence-corrected chi connectivity index (χ0v) is 11.5.